The van der Waals surface area contributed by atoms with Crippen LogP contribution in [0.4, 0.5) is 0 Å². The fraction of sp³-hybridized carbons (Fsp3) is 0.500. The van der Waals surface area contributed by atoms with E-state index < -0.39 is 0 Å². The van der Waals surface area contributed by atoms with Crippen LogP contribution in [0.25, 0.3) is 0 Å². The van der Waals surface area contributed by atoms with Crippen molar-refractivity contribution in [2.75, 3.05) is 6.54 Å². The fourth-order valence-corrected chi connectivity index (χ4v) is 5.47. The minimum absolute atomic E-state index is 0.570. The molecule has 1 nitrogen and oxygen atoms in total. The van der Waals surface area contributed by atoms with Crippen molar-refractivity contribution in [3.05, 3.63) is 43.2 Å². The topological polar surface area (TPSA) is 12.0 Å². The molecule has 1 saturated carbocycles. The van der Waals surface area contributed by atoms with E-state index in [4.69, 9.17) is 0 Å². The Hall–Kier alpha value is -0.160. The Bertz CT molecular complexity index is 514. The molecule has 1 aliphatic rings. The summed E-state index contributed by atoms with van der Waals surface area (Å²) in [5, 5.41) is 6.03. The van der Waals surface area contributed by atoms with Gasteiger partial charge in [-0.3, -0.25) is 0 Å². The molecular formula is C16H20BrNS2. The van der Waals surface area contributed by atoms with Crippen molar-refractivity contribution < 1.29 is 0 Å². The number of rotatable bonds is 6. The van der Waals surface area contributed by atoms with Gasteiger partial charge in [0.1, 0.15) is 0 Å². The van der Waals surface area contributed by atoms with Gasteiger partial charge in [0.05, 0.1) is 3.79 Å². The van der Waals surface area contributed by atoms with Crippen LogP contribution in [0.15, 0.2) is 33.4 Å². The summed E-state index contributed by atoms with van der Waals surface area (Å²) in [5.74, 6) is 0.837. The predicted molar refractivity (Wildman–Crippen MR) is 92.7 cm³/mol. The molecule has 4 heteroatoms. The summed E-state index contributed by atoms with van der Waals surface area (Å²) >= 11 is 7.29. The van der Waals surface area contributed by atoms with Crippen molar-refractivity contribution in [2.24, 2.45) is 5.92 Å². The van der Waals surface area contributed by atoms with Crippen LogP contribution in [-0.4, -0.2) is 6.54 Å². The highest BCUT2D eigenvalue weighted by Gasteiger charge is 2.26. The van der Waals surface area contributed by atoms with Gasteiger partial charge in [-0.1, -0.05) is 18.9 Å². The van der Waals surface area contributed by atoms with E-state index in [1.165, 1.54) is 39.2 Å². The number of nitrogens with one attached hydrogen (secondary N) is 1. The Morgan fingerprint density at radius 1 is 1.25 bits per heavy atom. The van der Waals surface area contributed by atoms with Crippen LogP contribution in [0, 0.1) is 5.92 Å². The number of hydrogen-bond donors (Lipinski definition) is 1. The van der Waals surface area contributed by atoms with E-state index in [0.29, 0.717) is 6.04 Å². The third-order valence-electron chi connectivity index (χ3n) is 4.09. The van der Waals surface area contributed by atoms with Gasteiger partial charge in [-0.2, -0.15) is 0 Å². The van der Waals surface area contributed by atoms with Gasteiger partial charge in [-0.15, -0.1) is 22.7 Å². The first kappa shape index (κ1) is 14.8. The van der Waals surface area contributed by atoms with Crippen molar-refractivity contribution >= 4 is 38.6 Å². The first-order valence-corrected chi connectivity index (χ1v) is 9.83. The second kappa shape index (κ2) is 7.21. The van der Waals surface area contributed by atoms with Crippen molar-refractivity contribution in [3.63, 3.8) is 0 Å². The van der Waals surface area contributed by atoms with Crippen molar-refractivity contribution in [2.45, 2.75) is 38.1 Å². The maximum Gasteiger partial charge on any atom is 0.0701 e. The Labute approximate surface area is 137 Å². The van der Waals surface area contributed by atoms with Crippen LogP contribution in [0.1, 0.15) is 41.5 Å². The van der Waals surface area contributed by atoms with E-state index in [9.17, 15) is 0 Å². The summed E-state index contributed by atoms with van der Waals surface area (Å²) in [6.07, 6.45) is 6.73. The van der Waals surface area contributed by atoms with Crippen LogP contribution in [0.5, 0.6) is 0 Å². The summed E-state index contributed by atoms with van der Waals surface area (Å²) in [6.45, 7) is 1.08. The average Bonchev–Trinajstić information content (AvgIpc) is 3.18. The van der Waals surface area contributed by atoms with E-state index in [1.54, 1.807) is 0 Å². The molecule has 1 unspecified atom stereocenters. The molecule has 0 aliphatic heterocycles. The van der Waals surface area contributed by atoms with E-state index in [1.807, 2.05) is 22.7 Å². The molecule has 1 fully saturated rings. The van der Waals surface area contributed by atoms with Crippen LogP contribution >= 0.6 is 38.6 Å². The zero-order valence-electron chi connectivity index (χ0n) is 11.5. The molecule has 0 aromatic carbocycles. The maximum absolute atomic E-state index is 3.82. The van der Waals surface area contributed by atoms with Gasteiger partial charge in [0.2, 0.25) is 0 Å². The normalized spacial score (nSPS) is 17.6. The monoisotopic (exact) mass is 369 g/mol. The lowest BCUT2D eigenvalue weighted by atomic mass is 9.96. The highest BCUT2D eigenvalue weighted by molar-refractivity contribution is 9.11. The lowest BCUT2D eigenvalue weighted by molar-refractivity contribution is 0.375. The highest BCUT2D eigenvalue weighted by atomic mass is 79.9. The summed E-state index contributed by atoms with van der Waals surface area (Å²) in [4.78, 5) is 2.98. The third kappa shape index (κ3) is 3.73. The standard InChI is InChI=1S/C16H20BrNS2/c17-15-8-7-13(20-15)9-10-18-16(12-4-1-2-5-12)14-6-3-11-19-14/h3,6-8,11-12,16,18H,1-2,4-5,9-10H2. The van der Waals surface area contributed by atoms with E-state index in [-0.39, 0.29) is 0 Å². The molecule has 20 heavy (non-hydrogen) atoms. The molecule has 1 N–H and O–H groups in total. The first-order valence-electron chi connectivity index (χ1n) is 7.34. The highest BCUT2D eigenvalue weighted by Crippen LogP contribution is 2.37. The molecule has 0 radical (unpaired) electrons. The molecule has 2 heterocycles. The second-order valence-electron chi connectivity index (χ2n) is 5.45. The van der Waals surface area contributed by atoms with Gasteiger partial charge in [0, 0.05) is 22.3 Å². The SMILES string of the molecule is Brc1ccc(CCNC(c2cccs2)C2CCCC2)s1. The molecule has 0 amide bonds. The van der Waals surface area contributed by atoms with Crippen LogP contribution < -0.4 is 5.32 Å². The minimum atomic E-state index is 0.570. The summed E-state index contributed by atoms with van der Waals surface area (Å²) in [6, 6.07) is 9.42. The first-order chi connectivity index (χ1) is 9.83. The van der Waals surface area contributed by atoms with Crippen molar-refractivity contribution in [3.8, 4) is 0 Å². The molecule has 0 spiro atoms. The second-order valence-corrected chi connectivity index (χ2v) is 8.97. The van der Waals surface area contributed by atoms with Gasteiger partial charge < -0.3 is 5.32 Å². The smallest absolute Gasteiger partial charge is 0.0701 e. The predicted octanol–water partition coefficient (Wildman–Crippen LogP) is 5.64. The Kier molecular flexibility index (Phi) is 5.32. The number of hydrogen-bond acceptors (Lipinski definition) is 3. The molecule has 2 aromatic heterocycles. The third-order valence-corrected chi connectivity index (χ3v) is 6.72. The van der Waals surface area contributed by atoms with E-state index >= 15 is 0 Å². The molecule has 0 saturated heterocycles. The molecule has 2 aromatic rings. The zero-order valence-corrected chi connectivity index (χ0v) is 14.7. The minimum Gasteiger partial charge on any atom is -0.309 e. The zero-order chi connectivity index (χ0) is 13.8. The molecule has 108 valence electrons. The van der Waals surface area contributed by atoms with E-state index in [0.717, 1.165) is 18.9 Å². The van der Waals surface area contributed by atoms with Crippen LogP contribution in [0.3, 0.4) is 0 Å². The summed E-state index contributed by atoms with van der Waals surface area (Å²) in [5.41, 5.74) is 0. The Balaban J connectivity index is 1.58. The van der Waals surface area contributed by atoms with Gasteiger partial charge in [-0.25, -0.2) is 0 Å². The molecule has 1 aliphatic carbocycles. The molecule has 1 atom stereocenters. The van der Waals surface area contributed by atoms with Crippen LogP contribution in [0.2, 0.25) is 0 Å². The Morgan fingerprint density at radius 3 is 2.75 bits per heavy atom. The number of halogens is 1. The van der Waals surface area contributed by atoms with Crippen molar-refractivity contribution in [1.29, 1.82) is 0 Å². The maximum atomic E-state index is 3.82. The lowest BCUT2D eigenvalue weighted by Gasteiger charge is -2.23. The lowest BCUT2D eigenvalue weighted by Crippen LogP contribution is -2.28. The van der Waals surface area contributed by atoms with E-state index in [2.05, 4.69) is 50.9 Å². The summed E-state index contributed by atoms with van der Waals surface area (Å²) in [7, 11) is 0. The van der Waals surface area contributed by atoms with Gasteiger partial charge >= 0.3 is 0 Å². The Morgan fingerprint density at radius 2 is 2.10 bits per heavy atom. The van der Waals surface area contributed by atoms with Gasteiger partial charge in [0.15, 0.2) is 0 Å². The molecule has 0 bridgehead atoms. The van der Waals surface area contributed by atoms with Gasteiger partial charge in [-0.05, 0) is 64.7 Å². The average molecular weight is 370 g/mol. The quantitative estimate of drug-likeness (QED) is 0.694. The summed E-state index contributed by atoms with van der Waals surface area (Å²) < 4.78 is 1.23. The molecular weight excluding hydrogens is 350 g/mol. The van der Waals surface area contributed by atoms with Crippen LogP contribution in [-0.2, 0) is 6.42 Å². The molecule has 3 rings (SSSR count). The van der Waals surface area contributed by atoms with Gasteiger partial charge in [0.25, 0.3) is 0 Å². The fourth-order valence-electron chi connectivity index (χ4n) is 3.10. The number of thiophene rings is 2. The largest absolute Gasteiger partial charge is 0.309 e. The van der Waals surface area contributed by atoms with Crippen molar-refractivity contribution in [1.82, 2.24) is 5.32 Å².